The fraction of sp³-hybridized carbons (Fsp3) is 0.654. The highest BCUT2D eigenvalue weighted by Crippen LogP contribution is 2.43. The van der Waals surface area contributed by atoms with Gasteiger partial charge < -0.3 is 15.0 Å². The quantitative estimate of drug-likeness (QED) is 0.456. The maximum absolute atomic E-state index is 14.0. The molecule has 2 heterocycles. The first kappa shape index (κ1) is 25.3. The first-order chi connectivity index (χ1) is 16.1. The van der Waals surface area contributed by atoms with Crippen molar-refractivity contribution >= 4 is 40.7 Å². The molecule has 0 atom stereocenters. The zero-order valence-corrected chi connectivity index (χ0v) is 22.3. The molecule has 8 heteroatoms. The Hall–Kier alpha value is -1.80. The molecular weight excluding hydrogens is 466 g/mol. The summed E-state index contributed by atoms with van der Waals surface area (Å²) >= 11 is 3.10. The Morgan fingerprint density at radius 3 is 2.35 bits per heavy atom. The molecule has 2 saturated carbocycles. The van der Waals surface area contributed by atoms with Crippen LogP contribution in [0.3, 0.4) is 0 Å². The molecule has 2 N–H and O–H groups in total. The van der Waals surface area contributed by atoms with Crippen LogP contribution in [0.2, 0.25) is 0 Å². The van der Waals surface area contributed by atoms with Crippen molar-refractivity contribution < 1.29 is 14.7 Å². The Kier molecular flexibility index (Phi) is 7.77. The van der Waals surface area contributed by atoms with Gasteiger partial charge in [0, 0.05) is 34.5 Å². The number of nitrogens with one attached hydrogen (secondary N) is 1. The summed E-state index contributed by atoms with van der Waals surface area (Å²) < 4.78 is 0. The van der Waals surface area contributed by atoms with Crippen molar-refractivity contribution in [3.63, 3.8) is 0 Å². The van der Waals surface area contributed by atoms with Gasteiger partial charge in [0.15, 0.2) is 5.16 Å². The van der Waals surface area contributed by atoms with Gasteiger partial charge in [-0.15, -0.1) is 11.3 Å². The number of anilines is 1. The summed E-state index contributed by atoms with van der Waals surface area (Å²) in [4.78, 5) is 37.0. The second-order valence-electron chi connectivity index (χ2n) is 11.0. The maximum atomic E-state index is 14.0. The molecule has 2 aliphatic rings. The fourth-order valence-corrected chi connectivity index (χ4v) is 7.30. The average molecular weight is 504 g/mol. The molecule has 0 bridgehead atoms. The molecular formula is C26H37N3O3S2. The van der Waals surface area contributed by atoms with Gasteiger partial charge in [0.2, 0.25) is 5.91 Å². The van der Waals surface area contributed by atoms with Crippen LogP contribution in [0.4, 0.5) is 5.69 Å². The Balaban J connectivity index is 1.61. The van der Waals surface area contributed by atoms with E-state index in [1.807, 2.05) is 17.2 Å². The van der Waals surface area contributed by atoms with Crippen LogP contribution in [0.1, 0.15) is 93.6 Å². The molecule has 2 aromatic heterocycles. The van der Waals surface area contributed by atoms with Crippen molar-refractivity contribution in [1.82, 2.24) is 9.97 Å². The molecule has 6 nitrogen and oxygen atoms in total. The largest absolute Gasteiger partial charge is 0.477 e. The van der Waals surface area contributed by atoms with Crippen LogP contribution in [0.15, 0.2) is 23.6 Å². The van der Waals surface area contributed by atoms with E-state index in [2.05, 4.69) is 37.7 Å². The lowest BCUT2D eigenvalue weighted by Gasteiger charge is -2.39. The minimum Gasteiger partial charge on any atom is -0.477 e. The van der Waals surface area contributed by atoms with Crippen LogP contribution in [0.25, 0.3) is 0 Å². The van der Waals surface area contributed by atoms with E-state index in [0.29, 0.717) is 21.7 Å². The van der Waals surface area contributed by atoms with E-state index in [9.17, 15) is 14.7 Å². The first-order valence-corrected chi connectivity index (χ1v) is 14.2. The SMILES string of the molecule is CC1CCC(C(=O)N(c2cc(C(C)(C)C)sc2C(=O)O)C2CCC(Sc3ncc[nH]3)CC2)CC1. The maximum Gasteiger partial charge on any atom is 0.348 e. The summed E-state index contributed by atoms with van der Waals surface area (Å²) in [6.07, 6.45) is 11.3. The lowest BCUT2D eigenvalue weighted by atomic mass is 9.81. The van der Waals surface area contributed by atoms with E-state index in [1.165, 1.54) is 11.3 Å². The summed E-state index contributed by atoms with van der Waals surface area (Å²) in [5, 5.41) is 11.5. The van der Waals surface area contributed by atoms with Gasteiger partial charge in [0.1, 0.15) is 4.88 Å². The third kappa shape index (κ3) is 5.70. The number of imidazole rings is 1. The number of hydrogen-bond donors (Lipinski definition) is 2. The second-order valence-corrected chi connectivity index (χ2v) is 13.3. The number of carbonyl (C=O) groups is 2. The predicted molar refractivity (Wildman–Crippen MR) is 139 cm³/mol. The van der Waals surface area contributed by atoms with Gasteiger partial charge in [-0.1, -0.05) is 39.5 Å². The van der Waals surface area contributed by atoms with Crippen molar-refractivity contribution in [2.24, 2.45) is 11.8 Å². The Bertz CT molecular complexity index is 980. The zero-order valence-electron chi connectivity index (χ0n) is 20.7. The van der Waals surface area contributed by atoms with E-state index in [1.54, 1.807) is 18.0 Å². The van der Waals surface area contributed by atoms with E-state index >= 15 is 0 Å². The lowest BCUT2D eigenvalue weighted by Crippen LogP contribution is -2.46. The summed E-state index contributed by atoms with van der Waals surface area (Å²) in [5.41, 5.74) is 0.451. The smallest absolute Gasteiger partial charge is 0.348 e. The van der Waals surface area contributed by atoms with Gasteiger partial charge in [0.25, 0.3) is 0 Å². The molecule has 4 rings (SSSR count). The van der Waals surface area contributed by atoms with Crippen molar-refractivity contribution in [3.05, 3.63) is 28.2 Å². The fourth-order valence-electron chi connectivity index (χ4n) is 5.18. The number of nitrogens with zero attached hydrogens (tertiary/aromatic N) is 2. The van der Waals surface area contributed by atoms with Crippen molar-refractivity contribution in [2.75, 3.05) is 4.90 Å². The van der Waals surface area contributed by atoms with Crippen LogP contribution < -0.4 is 4.90 Å². The van der Waals surface area contributed by atoms with Crippen LogP contribution in [0, 0.1) is 11.8 Å². The van der Waals surface area contributed by atoms with E-state index in [-0.39, 0.29) is 23.3 Å². The second kappa shape index (κ2) is 10.4. The molecule has 34 heavy (non-hydrogen) atoms. The van der Waals surface area contributed by atoms with Gasteiger partial charge in [-0.25, -0.2) is 9.78 Å². The first-order valence-electron chi connectivity index (χ1n) is 12.5. The normalized spacial score (nSPS) is 25.8. The number of amides is 1. The Morgan fingerprint density at radius 2 is 1.79 bits per heavy atom. The summed E-state index contributed by atoms with van der Waals surface area (Å²) in [6, 6.07) is 2.03. The van der Waals surface area contributed by atoms with E-state index in [4.69, 9.17) is 0 Å². The van der Waals surface area contributed by atoms with Crippen LogP contribution in [0.5, 0.6) is 0 Å². The van der Waals surface area contributed by atoms with Crippen molar-refractivity contribution in [2.45, 2.75) is 101 Å². The van der Waals surface area contributed by atoms with Crippen molar-refractivity contribution in [3.8, 4) is 0 Å². The molecule has 0 saturated heterocycles. The molecule has 2 aliphatic carbocycles. The van der Waals surface area contributed by atoms with Gasteiger partial charge >= 0.3 is 5.97 Å². The minimum atomic E-state index is -0.937. The molecule has 1 amide bonds. The number of carbonyl (C=O) groups excluding carboxylic acids is 1. The number of aromatic carboxylic acids is 1. The van der Waals surface area contributed by atoms with Gasteiger partial charge in [-0.2, -0.15) is 0 Å². The number of carboxylic acids is 1. The van der Waals surface area contributed by atoms with E-state index < -0.39 is 5.97 Å². The van der Waals surface area contributed by atoms with Gasteiger partial charge in [0.05, 0.1) is 5.69 Å². The molecule has 2 aromatic rings. The number of hydrogen-bond acceptors (Lipinski definition) is 5. The molecule has 0 aromatic carbocycles. The predicted octanol–water partition coefficient (Wildman–Crippen LogP) is 6.73. The minimum absolute atomic E-state index is 0.00829. The Labute approximate surface area is 210 Å². The van der Waals surface area contributed by atoms with Crippen molar-refractivity contribution in [1.29, 1.82) is 0 Å². The molecule has 0 radical (unpaired) electrons. The summed E-state index contributed by atoms with van der Waals surface area (Å²) in [5.74, 6) is -0.150. The van der Waals surface area contributed by atoms with E-state index in [0.717, 1.165) is 61.4 Å². The van der Waals surface area contributed by atoms with Crippen LogP contribution >= 0.6 is 23.1 Å². The summed E-state index contributed by atoms with van der Waals surface area (Å²) in [6.45, 7) is 8.55. The average Bonchev–Trinajstić information content (AvgIpc) is 3.46. The number of rotatable bonds is 6. The monoisotopic (exact) mass is 503 g/mol. The number of carboxylic acid groups (broad SMARTS) is 1. The van der Waals surface area contributed by atoms with Crippen LogP contribution in [-0.2, 0) is 10.2 Å². The summed E-state index contributed by atoms with van der Waals surface area (Å²) in [7, 11) is 0. The highest BCUT2D eigenvalue weighted by molar-refractivity contribution is 7.99. The molecule has 2 fully saturated rings. The third-order valence-electron chi connectivity index (χ3n) is 7.27. The standard InChI is InChI=1S/C26H37N3O3S2/c1-16-5-7-17(8-6-16)23(30)29(20-15-21(26(2,3)4)34-22(20)24(31)32)18-9-11-19(12-10-18)33-25-27-13-14-28-25/h13-19H,5-12H2,1-4H3,(H,27,28)(H,31,32). The molecule has 0 aliphatic heterocycles. The number of H-pyrrole nitrogens is 1. The van der Waals surface area contributed by atoms with Gasteiger partial charge in [-0.05, 0) is 68.8 Å². The Morgan fingerprint density at radius 1 is 1.12 bits per heavy atom. The highest BCUT2D eigenvalue weighted by atomic mass is 32.2. The number of thioether (sulfide) groups is 1. The van der Waals surface area contributed by atoms with Crippen LogP contribution in [-0.4, -0.2) is 38.2 Å². The number of thiophene rings is 1. The van der Waals surface area contributed by atoms with Gasteiger partial charge in [-0.3, -0.25) is 4.79 Å². The molecule has 186 valence electrons. The lowest BCUT2D eigenvalue weighted by molar-refractivity contribution is -0.124. The zero-order chi connectivity index (χ0) is 24.5. The number of aromatic amines is 1. The molecule has 0 spiro atoms. The number of aromatic nitrogens is 2. The third-order valence-corrected chi connectivity index (χ3v) is 10.1. The molecule has 0 unspecified atom stereocenters. The topological polar surface area (TPSA) is 86.3 Å². The highest BCUT2D eigenvalue weighted by Gasteiger charge is 2.38.